The van der Waals surface area contributed by atoms with Crippen molar-refractivity contribution < 1.29 is 14.3 Å². The SMILES string of the molecule is C=C(CCC(F)CCCCCC)C(=O)O. The Morgan fingerprint density at radius 1 is 1.33 bits per heavy atom. The normalized spacial score (nSPS) is 12.4. The van der Waals surface area contributed by atoms with E-state index in [1.165, 1.54) is 0 Å². The largest absolute Gasteiger partial charge is 0.478 e. The maximum atomic E-state index is 13.2. The minimum Gasteiger partial charge on any atom is -0.478 e. The van der Waals surface area contributed by atoms with Crippen LogP contribution in [0.1, 0.15) is 51.9 Å². The van der Waals surface area contributed by atoms with Gasteiger partial charge in [0.1, 0.15) is 6.17 Å². The van der Waals surface area contributed by atoms with Crippen molar-refractivity contribution in [3.8, 4) is 0 Å². The van der Waals surface area contributed by atoms with Gasteiger partial charge in [0.15, 0.2) is 0 Å². The van der Waals surface area contributed by atoms with E-state index in [0.717, 1.165) is 25.7 Å². The van der Waals surface area contributed by atoms with Gasteiger partial charge in [0.2, 0.25) is 0 Å². The zero-order valence-corrected chi connectivity index (χ0v) is 9.47. The van der Waals surface area contributed by atoms with E-state index < -0.39 is 12.1 Å². The number of alkyl halides is 1. The average molecular weight is 216 g/mol. The predicted molar refractivity (Wildman–Crippen MR) is 59.7 cm³/mol. The van der Waals surface area contributed by atoms with Crippen molar-refractivity contribution in [2.45, 2.75) is 58.0 Å². The predicted octanol–water partition coefficient (Wildman–Crippen LogP) is 3.72. The first kappa shape index (κ1) is 14.1. The molecule has 88 valence electrons. The molecular weight excluding hydrogens is 195 g/mol. The Balaban J connectivity index is 3.44. The average Bonchev–Trinajstić information content (AvgIpc) is 2.20. The van der Waals surface area contributed by atoms with E-state index in [1.807, 2.05) is 0 Å². The van der Waals surface area contributed by atoms with E-state index >= 15 is 0 Å². The lowest BCUT2D eigenvalue weighted by molar-refractivity contribution is -0.132. The third kappa shape index (κ3) is 8.16. The third-order valence-electron chi connectivity index (χ3n) is 2.43. The molecule has 0 saturated heterocycles. The van der Waals surface area contributed by atoms with Crippen molar-refractivity contribution in [1.82, 2.24) is 0 Å². The molecule has 0 aromatic heterocycles. The quantitative estimate of drug-likeness (QED) is 0.471. The van der Waals surface area contributed by atoms with Crippen LogP contribution >= 0.6 is 0 Å². The van der Waals surface area contributed by atoms with Gasteiger partial charge in [0, 0.05) is 5.57 Å². The molecule has 0 fully saturated rings. The minimum absolute atomic E-state index is 0.103. The summed E-state index contributed by atoms with van der Waals surface area (Å²) in [5.74, 6) is -1.02. The molecule has 0 spiro atoms. The second-order valence-corrected chi connectivity index (χ2v) is 3.89. The summed E-state index contributed by atoms with van der Waals surface area (Å²) in [6, 6.07) is 0. The molecule has 0 aliphatic carbocycles. The lowest BCUT2D eigenvalue weighted by Gasteiger charge is -2.07. The van der Waals surface area contributed by atoms with Crippen LogP contribution in [0.3, 0.4) is 0 Å². The number of halogens is 1. The molecule has 0 rings (SSSR count). The smallest absolute Gasteiger partial charge is 0.330 e. The van der Waals surface area contributed by atoms with Crippen molar-refractivity contribution in [2.75, 3.05) is 0 Å². The standard InChI is InChI=1S/C12H21FO2/c1-3-4-5-6-7-11(13)9-8-10(2)12(14)15/h11H,2-9H2,1H3,(H,14,15). The lowest BCUT2D eigenvalue weighted by atomic mass is 10.0. The topological polar surface area (TPSA) is 37.3 Å². The van der Waals surface area contributed by atoms with Crippen LogP contribution in [0.15, 0.2) is 12.2 Å². The summed E-state index contributed by atoms with van der Waals surface area (Å²) >= 11 is 0. The number of carboxylic acid groups (broad SMARTS) is 1. The molecule has 2 nitrogen and oxygen atoms in total. The first-order valence-electron chi connectivity index (χ1n) is 5.63. The second kappa shape index (κ2) is 8.45. The maximum Gasteiger partial charge on any atom is 0.330 e. The molecule has 0 heterocycles. The number of carboxylic acids is 1. The van der Waals surface area contributed by atoms with Gasteiger partial charge < -0.3 is 5.11 Å². The number of carbonyl (C=O) groups is 1. The fourth-order valence-electron chi connectivity index (χ4n) is 1.37. The van der Waals surface area contributed by atoms with Gasteiger partial charge in [-0.3, -0.25) is 0 Å². The van der Waals surface area contributed by atoms with Crippen LogP contribution in [0.5, 0.6) is 0 Å². The van der Waals surface area contributed by atoms with E-state index in [9.17, 15) is 9.18 Å². The molecule has 0 saturated carbocycles. The van der Waals surface area contributed by atoms with Crippen LogP contribution in [0, 0.1) is 0 Å². The molecule has 15 heavy (non-hydrogen) atoms. The Morgan fingerprint density at radius 2 is 2.00 bits per heavy atom. The fourth-order valence-corrected chi connectivity index (χ4v) is 1.37. The zero-order chi connectivity index (χ0) is 11.7. The van der Waals surface area contributed by atoms with Crippen LogP contribution in [-0.2, 0) is 4.79 Å². The van der Waals surface area contributed by atoms with Crippen molar-refractivity contribution in [3.05, 3.63) is 12.2 Å². The summed E-state index contributed by atoms with van der Waals surface area (Å²) in [6.45, 7) is 5.48. The monoisotopic (exact) mass is 216 g/mol. The summed E-state index contributed by atoms with van der Waals surface area (Å²) in [4.78, 5) is 10.4. The molecule has 1 atom stereocenters. The highest BCUT2D eigenvalue weighted by Crippen LogP contribution is 2.15. The molecule has 0 aromatic rings. The summed E-state index contributed by atoms with van der Waals surface area (Å²) in [5.41, 5.74) is 0.103. The van der Waals surface area contributed by atoms with Crippen molar-refractivity contribution in [2.24, 2.45) is 0 Å². The van der Waals surface area contributed by atoms with Crippen molar-refractivity contribution >= 4 is 5.97 Å². The second-order valence-electron chi connectivity index (χ2n) is 3.89. The molecule has 3 heteroatoms. The van der Waals surface area contributed by atoms with Crippen LogP contribution in [0.25, 0.3) is 0 Å². The highest BCUT2D eigenvalue weighted by molar-refractivity contribution is 5.85. The van der Waals surface area contributed by atoms with Gasteiger partial charge in [0.25, 0.3) is 0 Å². The highest BCUT2D eigenvalue weighted by Gasteiger charge is 2.10. The van der Waals surface area contributed by atoms with Gasteiger partial charge in [-0.15, -0.1) is 0 Å². The number of unbranched alkanes of at least 4 members (excludes halogenated alkanes) is 3. The molecule has 0 aromatic carbocycles. The van der Waals surface area contributed by atoms with E-state index in [-0.39, 0.29) is 18.4 Å². The molecule has 0 bridgehead atoms. The fraction of sp³-hybridized carbons (Fsp3) is 0.750. The van der Waals surface area contributed by atoms with Gasteiger partial charge in [-0.25, -0.2) is 9.18 Å². The summed E-state index contributed by atoms with van der Waals surface area (Å²) in [7, 11) is 0. The van der Waals surface area contributed by atoms with Crippen LogP contribution in [0.4, 0.5) is 4.39 Å². The van der Waals surface area contributed by atoms with Crippen LogP contribution in [-0.4, -0.2) is 17.2 Å². The van der Waals surface area contributed by atoms with Crippen molar-refractivity contribution in [1.29, 1.82) is 0 Å². The van der Waals surface area contributed by atoms with E-state index in [2.05, 4.69) is 13.5 Å². The Bertz CT molecular complexity index is 202. The first-order chi connectivity index (χ1) is 7.07. The number of rotatable bonds is 9. The molecule has 1 unspecified atom stereocenters. The number of hydrogen-bond donors (Lipinski definition) is 1. The molecular formula is C12H21FO2. The van der Waals surface area contributed by atoms with Gasteiger partial charge in [0.05, 0.1) is 0 Å². The van der Waals surface area contributed by atoms with Crippen LogP contribution < -0.4 is 0 Å². The highest BCUT2D eigenvalue weighted by atomic mass is 19.1. The minimum atomic E-state index is -1.02. The summed E-state index contributed by atoms with van der Waals surface area (Å²) < 4.78 is 13.2. The Labute approximate surface area is 91.2 Å². The van der Waals surface area contributed by atoms with Gasteiger partial charge in [-0.05, 0) is 19.3 Å². The van der Waals surface area contributed by atoms with E-state index in [0.29, 0.717) is 6.42 Å². The first-order valence-corrected chi connectivity index (χ1v) is 5.63. The van der Waals surface area contributed by atoms with Crippen molar-refractivity contribution in [3.63, 3.8) is 0 Å². The van der Waals surface area contributed by atoms with Gasteiger partial charge in [-0.1, -0.05) is 39.2 Å². The third-order valence-corrected chi connectivity index (χ3v) is 2.43. The van der Waals surface area contributed by atoms with Gasteiger partial charge in [-0.2, -0.15) is 0 Å². The number of hydrogen-bond acceptors (Lipinski definition) is 1. The maximum absolute atomic E-state index is 13.2. The Hall–Kier alpha value is -0.860. The molecule has 0 radical (unpaired) electrons. The molecule has 0 aliphatic heterocycles. The summed E-state index contributed by atoms with van der Waals surface area (Å²) in [6.07, 6.45) is 4.47. The molecule has 0 aliphatic rings. The molecule has 0 amide bonds. The van der Waals surface area contributed by atoms with E-state index in [4.69, 9.17) is 5.11 Å². The van der Waals surface area contributed by atoms with Crippen LogP contribution in [0.2, 0.25) is 0 Å². The Kier molecular flexibility index (Phi) is 7.96. The Morgan fingerprint density at radius 3 is 2.53 bits per heavy atom. The lowest BCUT2D eigenvalue weighted by Crippen LogP contribution is -2.04. The zero-order valence-electron chi connectivity index (χ0n) is 9.47. The number of aliphatic carboxylic acids is 1. The van der Waals surface area contributed by atoms with E-state index in [1.54, 1.807) is 0 Å². The molecule has 1 N–H and O–H groups in total. The summed E-state index contributed by atoms with van der Waals surface area (Å²) in [5, 5.41) is 8.52. The van der Waals surface area contributed by atoms with Gasteiger partial charge >= 0.3 is 5.97 Å².